The van der Waals surface area contributed by atoms with Gasteiger partial charge in [-0.15, -0.1) is 0 Å². The summed E-state index contributed by atoms with van der Waals surface area (Å²) in [5.74, 6) is 2.34. The van der Waals surface area contributed by atoms with E-state index in [4.69, 9.17) is 4.74 Å². The zero-order chi connectivity index (χ0) is 15.6. The molecule has 0 spiro atoms. The molecule has 1 saturated carbocycles. The van der Waals surface area contributed by atoms with Gasteiger partial charge < -0.3 is 10.1 Å². The van der Waals surface area contributed by atoms with Crippen LogP contribution in [-0.2, 0) is 12.5 Å². The van der Waals surface area contributed by atoms with E-state index in [9.17, 15) is 0 Å². The molecule has 1 aromatic heterocycles. The normalized spacial score (nSPS) is 26.9. The molecule has 1 fully saturated rings. The topological polar surface area (TPSA) is 39.1 Å². The Morgan fingerprint density at radius 3 is 2.76 bits per heavy atom. The van der Waals surface area contributed by atoms with Crippen LogP contribution >= 0.6 is 0 Å². The molecule has 4 nitrogen and oxygen atoms in total. The summed E-state index contributed by atoms with van der Waals surface area (Å²) in [7, 11) is 3.76. The average Bonchev–Trinajstić information content (AvgIpc) is 2.80. The Hall–Kier alpha value is -1.03. The van der Waals surface area contributed by atoms with Crippen LogP contribution in [-0.4, -0.2) is 29.5 Å². The molecule has 1 heterocycles. The van der Waals surface area contributed by atoms with Crippen LogP contribution in [0.15, 0.2) is 6.20 Å². The number of ether oxygens (including phenoxy) is 1. The third kappa shape index (κ3) is 3.10. The number of aromatic nitrogens is 2. The first-order valence-corrected chi connectivity index (χ1v) is 8.21. The van der Waals surface area contributed by atoms with Crippen LogP contribution in [0.4, 0.5) is 0 Å². The summed E-state index contributed by atoms with van der Waals surface area (Å²) in [5, 5.41) is 8.13. The van der Waals surface area contributed by atoms with Crippen LogP contribution in [0.2, 0.25) is 0 Å². The van der Waals surface area contributed by atoms with Gasteiger partial charge in [0.2, 0.25) is 0 Å². The first-order valence-electron chi connectivity index (χ1n) is 8.21. The minimum atomic E-state index is 0.0452. The molecular weight excluding hydrogens is 262 g/mol. The Kier molecular flexibility index (Phi) is 4.97. The van der Waals surface area contributed by atoms with Gasteiger partial charge in [-0.2, -0.15) is 5.10 Å². The van der Waals surface area contributed by atoms with Crippen molar-refractivity contribution in [3.63, 3.8) is 0 Å². The van der Waals surface area contributed by atoms with Crippen LogP contribution < -0.4 is 10.1 Å². The van der Waals surface area contributed by atoms with Crippen LogP contribution in [0.3, 0.4) is 0 Å². The molecule has 1 aliphatic rings. The second-order valence-corrected chi connectivity index (χ2v) is 7.10. The Morgan fingerprint density at radius 1 is 1.43 bits per heavy atom. The van der Waals surface area contributed by atoms with Crippen LogP contribution in [0, 0.1) is 11.8 Å². The number of hydrogen-bond donors (Lipinski definition) is 1. The Morgan fingerprint density at radius 2 is 2.14 bits per heavy atom. The van der Waals surface area contributed by atoms with Gasteiger partial charge in [-0.05, 0) is 31.2 Å². The molecule has 0 amide bonds. The lowest BCUT2D eigenvalue weighted by atomic mass is 9.64. The van der Waals surface area contributed by atoms with Gasteiger partial charge in [0.1, 0.15) is 0 Å². The van der Waals surface area contributed by atoms with E-state index in [0.717, 1.165) is 18.2 Å². The van der Waals surface area contributed by atoms with E-state index in [2.05, 4.69) is 38.1 Å². The van der Waals surface area contributed by atoms with Gasteiger partial charge in [-0.3, -0.25) is 4.68 Å². The molecular formula is C17H31N3O. The van der Waals surface area contributed by atoms with Gasteiger partial charge in [-0.1, -0.05) is 34.1 Å². The van der Waals surface area contributed by atoms with Crippen LogP contribution in [0.25, 0.3) is 0 Å². The van der Waals surface area contributed by atoms with Gasteiger partial charge >= 0.3 is 0 Å². The number of nitrogens with zero attached hydrogens (tertiary/aromatic N) is 2. The maximum Gasteiger partial charge on any atom is 0.160 e. The van der Waals surface area contributed by atoms with Gasteiger partial charge in [0, 0.05) is 18.5 Å². The van der Waals surface area contributed by atoms with E-state index in [1.54, 1.807) is 7.11 Å². The number of aryl methyl sites for hydroxylation is 1. The summed E-state index contributed by atoms with van der Waals surface area (Å²) in [6.07, 6.45) is 5.68. The molecule has 1 N–H and O–H groups in total. The minimum absolute atomic E-state index is 0.0452. The predicted octanol–water partition coefficient (Wildman–Crippen LogP) is 3.12. The van der Waals surface area contributed by atoms with E-state index < -0.39 is 0 Å². The fraction of sp³-hybridized carbons (Fsp3) is 0.824. The summed E-state index contributed by atoms with van der Waals surface area (Å²) >= 11 is 0. The van der Waals surface area contributed by atoms with Crippen molar-refractivity contribution in [3.8, 4) is 5.75 Å². The van der Waals surface area contributed by atoms with E-state index in [0.29, 0.717) is 12.0 Å². The molecule has 1 aromatic rings. The largest absolute Gasteiger partial charge is 0.493 e. The van der Waals surface area contributed by atoms with Crippen molar-refractivity contribution in [2.75, 3.05) is 13.7 Å². The smallest absolute Gasteiger partial charge is 0.160 e. The number of methoxy groups -OCH3 is 1. The minimum Gasteiger partial charge on any atom is -0.493 e. The Labute approximate surface area is 129 Å². The SMILES string of the molecule is CCNC1CC(C)CCC1C(C)(C)c1c(OC)cnn1C. The second kappa shape index (κ2) is 6.39. The number of rotatable bonds is 5. The highest BCUT2D eigenvalue weighted by molar-refractivity contribution is 5.33. The third-order valence-electron chi connectivity index (χ3n) is 5.24. The van der Waals surface area contributed by atoms with Gasteiger partial charge in [0.05, 0.1) is 19.0 Å². The molecule has 3 atom stereocenters. The van der Waals surface area contributed by atoms with Crippen molar-refractivity contribution < 1.29 is 4.74 Å². The summed E-state index contributed by atoms with van der Waals surface area (Å²) in [6, 6.07) is 0.577. The predicted molar refractivity (Wildman–Crippen MR) is 86.8 cm³/mol. The summed E-state index contributed by atoms with van der Waals surface area (Å²) < 4.78 is 7.54. The standard InChI is InChI=1S/C17H31N3O/c1-7-18-14-10-12(2)8-9-13(14)17(3,4)16-15(21-6)11-19-20(16)5/h11-14,18H,7-10H2,1-6H3. The molecule has 0 radical (unpaired) electrons. The van der Waals surface area contributed by atoms with Crippen molar-refractivity contribution >= 4 is 0 Å². The highest BCUT2D eigenvalue weighted by Crippen LogP contribution is 2.44. The number of nitrogens with one attached hydrogen (secondary N) is 1. The van der Waals surface area contributed by atoms with Crippen molar-refractivity contribution in [1.82, 2.24) is 15.1 Å². The molecule has 0 saturated heterocycles. The van der Waals surface area contributed by atoms with Crippen molar-refractivity contribution in [2.45, 2.75) is 58.4 Å². The van der Waals surface area contributed by atoms with Crippen molar-refractivity contribution in [2.24, 2.45) is 18.9 Å². The highest BCUT2D eigenvalue weighted by atomic mass is 16.5. The summed E-state index contributed by atoms with van der Waals surface area (Å²) in [6.45, 7) is 10.3. The highest BCUT2D eigenvalue weighted by Gasteiger charge is 2.42. The fourth-order valence-corrected chi connectivity index (χ4v) is 4.21. The third-order valence-corrected chi connectivity index (χ3v) is 5.24. The molecule has 3 unspecified atom stereocenters. The molecule has 2 rings (SSSR count). The molecule has 0 bridgehead atoms. The first kappa shape index (κ1) is 16.3. The fourth-order valence-electron chi connectivity index (χ4n) is 4.21. The quantitative estimate of drug-likeness (QED) is 0.906. The van der Waals surface area contributed by atoms with E-state index in [-0.39, 0.29) is 5.41 Å². The molecule has 4 heteroatoms. The van der Waals surface area contributed by atoms with Crippen molar-refractivity contribution in [3.05, 3.63) is 11.9 Å². The van der Waals surface area contributed by atoms with Gasteiger partial charge in [0.25, 0.3) is 0 Å². The Balaban J connectivity index is 2.34. The zero-order valence-corrected chi connectivity index (χ0v) is 14.4. The van der Waals surface area contributed by atoms with Crippen LogP contribution in [0.5, 0.6) is 5.75 Å². The van der Waals surface area contributed by atoms with E-state index in [1.807, 2.05) is 17.9 Å². The molecule has 0 aromatic carbocycles. The van der Waals surface area contributed by atoms with E-state index in [1.165, 1.54) is 25.0 Å². The zero-order valence-electron chi connectivity index (χ0n) is 14.4. The first-order chi connectivity index (χ1) is 9.91. The summed E-state index contributed by atoms with van der Waals surface area (Å²) in [5.41, 5.74) is 1.26. The van der Waals surface area contributed by atoms with Gasteiger partial charge in [0.15, 0.2) is 5.75 Å². The molecule has 0 aliphatic heterocycles. The molecule has 120 valence electrons. The summed E-state index contributed by atoms with van der Waals surface area (Å²) in [4.78, 5) is 0. The lowest BCUT2D eigenvalue weighted by Gasteiger charge is -2.44. The van der Waals surface area contributed by atoms with Gasteiger partial charge in [-0.25, -0.2) is 0 Å². The number of hydrogen-bond acceptors (Lipinski definition) is 3. The van der Waals surface area contributed by atoms with E-state index >= 15 is 0 Å². The van der Waals surface area contributed by atoms with Crippen LogP contribution in [0.1, 0.15) is 52.7 Å². The molecule has 1 aliphatic carbocycles. The molecule has 21 heavy (non-hydrogen) atoms. The maximum atomic E-state index is 5.56. The monoisotopic (exact) mass is 293 g/mol. The Bertz CT molecular complexity index is 467. The average molecular weight is 293 g/mol. The maximum absolute atomic E-state index is 5.56. The lowest BCUT2D eigenvalue weighted by molar-refractivity contribution is 0.139. The lowest BCUT2D eigenvalue weighted by Crippen LogP contribution is -2.49. The van der Waals surface area contributed by atoms with Crippen molar-refractivity contribution in [1.29, 1.82) is 0 Å². The second-order valence-electron chi connectivity index (χ2n) is 7.10.